The molecule has 27 heavy (non-hydrogen) atoms. The van der Waals surface area contributed by atoms with Crippen LogP contribution in [0.1, 0.15) is 42.5 Å². The van der Waals surface area contributed by atoms with Gasteiger partial charge in [-0.25, -0.2) is 13.9 Å². The van der Waals surface area contributed by atoms with Crippen LogP contribution in [-0.2, 0) is 0 Å². The van der Waals surface area contributed by atoms with E-state index in [4.69, 9.17) is 4.74 Å². The van der Waals surface area contributed by atoms with E-state index in [2.05, 4.69) is 15.4 Å². The average Bonchev–Trinajstić information content (AvgIpc) is 3.11. The van der Waals surface area contributed by atoms with Crippen LogP contribution in [0, 0.1) is 5.82 Å². The van der Waals surface area contributed by atoms with E-state index in [1.807, 2.05) is 12.1 Å². The number of imidazole rings is 1. The highest BCUT2D eigenvalue weighted by molar-refractivity contribution is 5.95. The van der Waals surface area contributed by atoms with Crippen molar-refractivity contribution in [2.24, 2.45) is 0 Å². The molecule has 0 spiro atoms. The Morgan fingerprint density at radius 1 is 1.22 bits per heavy atom. The number of aromatic nitrogens is 3. The van der Waals surface area contributed by atoms with E-state index < -0.39 is 5.82 Å². The van der Waals surface area contributed by atoms with Gasteiger partial charge < -0.3 is 10.1 Å². The van der Waals surface area contributed by atoms with Crippen LogP contribution in [0.4, 0.5) is 4.39 Å². The third-order valence-electron chi connectivity index (χ3n) is 4.86. The van der Waals surface area contributed by atoms with Crippen molar-refractivity contribution in [1.82, 2.24) is 19.9 Å². The Kier molecular flexibility index (Phi) is 4.75. The molecule has 0 bridgehead atoms. The first-order valence-electron chi connectivity index (χ1n) is 9.18. The van der Waals surface area contributed by atoms with Gasteiger partial charge >= 0.3 is 0 Å². The summed E-state index contributed by atoms with van der Waals surface area (Å²) in [7, 11) is 1.51. The van der Waals surface area contributed by atoms with Crippen molar-refractivity contribution in [1.29, 1.82) is 0 Å². The fraction of sp³-hybridized carbons (Fsp3) is 0.350. The minimum atomic E-state index is -0.490. The van der Waals surface area contributed by atoms with E-state index in [-0.39, 0.29) is 17.6 Å². The Morgan fingerprint density at radius 3 is 2.81 bits per heavy atom. The van der Waals surface area contributed by atoms with E-state index in [1.54, 1.807) is 16.8 Å². The van der Waals surface area contributed by atoms with Crippen molar-refractivity contribution in [3.8, 4) is 17.1 Å². The molecule has 3 aromatic rings. The summed E-state index contributed by atoms with van der Waals surface area (Å²) in [6.07, 6.45) is 7.49. The summed E-state index contributed by atoms with van der Waals surface area (Å²) < 4.78 is 21.7. The zero-order valence-corrected chi connectivity index (χ0v) is 15.1. The number of benzene rings is 1. The summed E-state index contributed by atoms with van der Waals surface area (Å²) in [5, 5.41) is 7.05. The number of ether oxygens (including phenoxy) is 1. The molecule has 140 valence electrons. The monoisotopic (exact) mass is 368 g/mol. The van der Waals surface area contributed by atoms with Crippen LogP contribution >= 0.6 is 0 Å². The van der Waals surface area contributed by atoms with Gasteiger partial charge in [-0.2, -0.15) is 0 Å². The lowest BCUT2D eigenvalue weighted by molar-refractivity contribution is 0.0962. The van der Waals surface area contributed by atoms with Crippen molar-refractivity contribution in [2.45, 2.75) is 38.2 Å². The molecule has 0 saturated heterocycles. The number of nitrogens with one attached hydrogen (secondary N) is 1. The van der Waals surface area contributed by atoms with Crippen LogP contribution in [0.15, 0.2) is 36.5 Å². The molecule has 0 radical (unpaired) electrons. The van der Waals surface area contributed by atoms with Gasteiger partial charge in [0.2, 0.25) is 5.88 Å². The Balaban J connectivity index is 1.70. The summed E-state index contributed by atoms with van der Waals surface area (Å²) in [6.45, 7) is 0. The van der Waals surface area contributed by atoms with Crippen molar-refractivity contribution in [3.63, 3.8) is 0 Å². The first-order chi connectivity index (χ1) is 13.1. The van der Waals surface area contributed by atoms with E-state index in [9.17, 15) is 9.18 Å². The van der Waals surface area contributed by atoms with Crippen LogP contribution in [0.2, 0.25) is 0 Å². The van der Waals surface area contributed by atoms with E-state index in [1.165, 1.54) is 38.4 Å². The molecule has 1 aliphatic rings. The molecule has 2 heterocycles. The number of hydrogen-bond acceptors (Lipinski definition) is 4. The highest BCUT2D eigenvalue weighted by Crippen LogP contribution is 2.26. The summed E-state index contributed by atoms with van der Waals surface area (Å²) in [5.74, 6) is -0.314. The molecule has 4 rings (SSSR count). The van der Waals surface area contributed by atoms with Gasteiger partial charge in [0, 0.05) is 24.2 Å². The van der Waals surface area contributed by atoms with Gasteiger partial charge in [0.25, 0.3) is 5.91 Å². The number of hydrogen-bond donors (Lipinski definition) is 1. The van der Waals surface area contributed by atoms with Crippen LogP contribution in [-0.4, -0.2) is 33.7 Å². The predicted molar refractivity (Wildman–Crippen MR) is 99.3 cm³/mol. The molecule has 0 unspecified atom stereocenters. The molecule has 7 heteroatoms. The van der Waals surface area contributed by atoms with E-state index >= 15 is 0 Å². The van der Waals surface area contributed by atoms with Gasteiger partial charge in [0.15, 0.2) is 5.65 Å². The maximum Gasteiger partial charge on any atom is 0.251 e. The van der Waals surface area contributed by atoms with Crippen LogP contribution in [0.25, 0.3) is 16.9 Å². The third kappa shape index (κ3) is 3.63. The van der Waals surface area contributed by atoms with Crippen LogP contribution < -0.4 is 10.1 Å². The quantitative estimate of drug-likeness (QED) is 0.764. The lowest BCUT2D eigenvalue weighted by Gasteiger charge is -2.22. The lowest BCUT2D eigenvalue weighted by atomic mass is 9.98. The molecule has 1 N–H and O–H groups in total. The molecule has 1 aliphatic carbocycles. The lowest BCUT2D eigenvalue weighted by Crippen LogP contribution is -2.20. The van der Waals surface area contributed by atoms with Gasteiger partial charge in [-0.3, -0.25) is 4.79 Å². The Labute approximate surface area is 156 Å². The molecule has 0 aliphatic heterocycles. The van der Waals surface area contributed by atoms with Crippen molar-refractivity contribution < 1.29 is 13.9 Å². The maximum atomic E-state index is 14.0. The molecule has 6 nitrogen and oxygen atoms in total. The van der Waals surface area contributed by atoms with Gasteiger partial charge in [0.1, 0.15) is 11.9 Å². The second-order valence-corrected chi connectivity index (χ2v) is 6.77. The van der Waals surface area contributed by atoms with Gasteiger partial charge in [-0.15, -0.1) is 5.10 Å². The SMILES string of the molecule is CNC(=O)c1cc(F)cc(-c2cnc3ccc(OC4CCCCC4)nn23)c1. The Hall–Kier alpha value is -2.96. The molecule has 1 amide bonds. The molecular formula is C20H21FN4O2. The van der Waals surface area contributed by atoms with Crippen molar-refractivity contribution in [2.75, 3.05) is 7.05 Å². The molecule has 1 aromatic carbocycles. The number of carbonyl (C=O) groups is 1. The minimum Gasteiger partial charge on any atom is -0.473 e. The largest absolute Gasteiger partial charge is 0.473 e. The van der Waals surface area contributed by atoms with Crippen LogP contribution in [0.5, 0.6) is 5.88 Å². The number of fused-ring (bicyclic) bond motifs is 1. The Morgan fingerprint density at radius 2 is 2.04 bits per heavy atom. The first-order valence-corrected chi connectivity index (χ1v) is 9.18. The number of halogens is 1. The summed E-state index contributed by atoms with van der Waals surface area (Å²) in [5.41, 5.74) is 2.01. The van der Waals surface area contributed by atoms with E-state index in [0.29, 0.717) is 22.8 Å². The zero-order valence-electron chi connectivity index (χ0n) is 15.1. The maximum absolute atomic E-state index is 14.0. The third-order valence-corrected chi connectivity index (χ3v) is 4.86. The second kappa shape index (κ2) is 7.34. The zero-order chi connectivity index (χ0) is 18.8. The number of nitrogens with zero attached hydrogens (tertiary/aromatic N) is 3. The molecule has 1 saturated carbocycles. The summed E-state index contributed by atoms with van der Waals surface area (Å²) in [4.78, 5) is 16.2. The Bertz CT molecular complexity index is 979. The average molecular weight is 368 g/mol. The molecular weight excluding hydrogens is 347 g/mol. The second-order valence-electron chi connectivity index (χ2n) is 6.77. The first kappa shape index (κ1) is 17.5. The summed E-state index contributed by atoms with van der Waals surface area (Å²) in [6, 6.07) is 7.83. The highest BCUT2D eigenvalue weighted by atomic mass is 19.1. The fourth-order valence-corrected chi connectivity index (χ4v) is 3.48. The molecule has 0 atom stereocenters. The van der Waals surface area contributed by atoms with Gasteiger partial charge in [0.05, 0.1) is 11.9 Å². The topological polar surface area (TPSA) is 68.5 Å². The fourth-order valence-electron chi connectivity index (χ4n) is 3.48. The summed E-state index contributed by atoms with van der Waals surface area (Å²) >= 11 is 0. The number of amides is 1. The minimum absolute atomic E-state index is 0.185. The number of rotatable bonds is 4. The smallest absolute Gasteiger partial charge is 0.251 e. The van der Waals surface area contributed by atoms with Crippen molar-refractivity contribution in [3.05, 3.63) is 47.9 Å². The van der Waals surface area contributed by atoms with Gasteiger partial charge in [-0.1, -0.05) is 6.42 Å². The number of carbonyl (C=O) groups excluding carboxylic acids is 1. The molecule has 2 aromatic heterocycles. The standard InChI is InChI=1S/C20H21FN4O2/c1-22-20(26)14-9-13(10-15(21)11-14)17-12-23-18-7-8-19(24-25(17)18)27-16-5-3-2-4-6-16/h7-12,16H,2-6H2,1H3,(H,22,26). The van der Waals surface area contributed by atoms with Crippen molar-refractivity contribution >= 4 is 11.6 Å². The predicted octanol–water partition coefficient (Wildman–Crippen LogP) is 3.61. The normalized spacial score (nSPS) is 15.0. The van der Waals surface area contributed by atoms with Gasteiger partial charge in [-0.05, 0) is 49.9 Å². The van der Waals surface area contributed by atoms with Crippen LogP contribution in [0.3, 0.4) is 0 Å². The highest BCUT2D eigenvalue weighted by Gasteiger charge is 2.17. The van der Waals surface area contributed by atoms with E-state index in [0.717, 1.165) is 12.8 Å². The molecule has 1 fully saturated rings.